The molecule has 2 aliphatic rings. The molecule has 0 saturated heterocycles. The number of aliphatic hydroxyl groups is 1. The van der Waals surface area contributed by atoms with E-state index in [2.05, 4.69) is 86.7 Å². The highest BCUT2D eigenvalue weighted by Gasteiger charge is 2.37. The SMILES string of the molecule is CCO.CNC1CCC(N(Cc2cc(-c3ccncc3)ccc2OC)C(=O)c2sc3c(F)ccc(F)c3c2Cl)CC1.COc1ccc(-c2ccncc2)cc1CN(C(=O)c1sc2c(F)ccc(F)c2c1Cl)C1CCC(N(C)C(=O)OC(C)(C)C)CC1.Cl.PP(P)P(P)P.PPP(P)P(P)P. The summed E-state index contributed by atoms with van der Waals surface area (Å²) < 4.78 is 75.6. The first-order valence-electron chi connectivity index (χ1n) is 31.0. The fourth-order valence-electron chi connectivity index (χ4n) is 11.1. The Balaban J connectivity index is 0.000000296. The van der Waals surface area contributed by atoms with Gasteiger partial charge in [0.25, 0.3) is 11.8 Å². The minimum absolute atomic E-state index is 0. The number of halogens is 7. The van der Waals surface area contributed by atoms with Crippen molar-refractivity contribution in [3.8, 4) is 33.8 Å². The van der Waals surface area contributed by atoms with Crippen LogP contribution in [-0.4, -0.2) is 112 Å². The van der Waals surface area contributed by atoms with E-state index in [9.17, 15) is 31.9 Å². The number of aromatic nitrogens is 2. The van der Waals surface area contributed by atoms with Gasteiger partial charge in [-0.1, -0.05) is 43.3 Å². The zero-order valence-corrected chi connectivity index (χ0v) is 74.3. The number of nitrogens with one attached hydrogen (secondary N) is 1. The zero-order valence-electron chi connectivity index (χ0n) is 56.5. The molecule has 2 aliphatic carbocycles. The van der Waals surface area contributed by atoms with Gasteiger partial charge in [-0.3, -0.25) is 19.6 Å². The van der Waals surface area contributed by atoms with Crippen molar-refractivity contribution in [3.63, 3.8) is 0 Å². The number of carbonyl (C=O) groups excluding carboxylic acids is 3. The highest BCUT2D eigenvalue weighted by Crippen LogP contribution is 2.92. The van der Waals surface area contributed by atoms with E-state index in [1.165, 1.54) is 0 Å². The van der Waals surface area contributed by atoms with Gasteiger partial charge in [-0.25, -0.2) is 22.4 Å². The molecule has 4 aromatic heterocycles. The van der Waals surface area contributed by atoms with Gasteiger partial charge in [0, 0.05) is 86.8 Å². The molecule has 10 atom stereocenters. The first-order valence-corrected chi connectivity index (χ1v) is 55.2. The molecule has 3 amide bonds. The number of ether oxygens (including phenoxy) is 3. The number of fused-ring (bicyclic) bond motifs is 2. The van der Waals surface area contributed by atoms with E-state index in [0.717, 1.165) is 114 Å². The van der Waals surface area contributed by atoms with Crippen LogP contribution in [0.2, 0.25) is 10.0 Å². The Kier molecular flexibility index (Phi) is 39.3. The molecule has 546 valence electrons. The fourth-order valence-corrected chi connectivity index (χ4v) is 30.2. The summed E-state index contributed by atoms with van der Waals surface area (Å²) in [6.45, 7) is 8.64. The number of aliphatic hydroxyl groups excluding tert-OH is 1. The lowest BCUT2D eigenvalue weighted by Crippen LogP contribution is -2.47. The molecule has 100 heavy (non-hydrogen) atoms. The summed E-state index contributed by atoms with van der Waals surface area (Å²) in [5.41, 5.74) is 4.83. The quantitative estimate of drug-likeness (QED) is 0.0667. The Morgan fingerprint density at radius 1 is 0.610 bits per heavy atom. The lowest BCUT2D eigenvalue weighted by molar-refractivity contribution is 0.0144. The molecule has 2 N–H and O–H groups in total. The van der Waals surface area contributed by atoms with Crippen molar-refractivity contribution in [1.29, 1.82) is 0 Å². The van der Waals surface area contributed by atoms with Crippen molar-refractivity contribution in [2.75, 3.05) is 34.9 Å². The lowest BCUT2D eigenvalue weighted by atomic mass is 9.89. The number of benzene rings is 4. The number of hydrogen-bond donors (Lipinski definition) is 2. The molecule has 0 bridgehead atoms. The number of nitrogens with zero attached hydrogens (tertiary/aromatic N) is 5. The second-order valence-electron chi connectivity index (χ2n) is 23.6. The van der Waals surface area contributed by atoms with Gasteiger partial charge in [-0.2, -0.15) is 0 Å². The van der Waals surface area contributed by atoms with Gasteiger partial charge in [-0.05, 0) is 209 Å². The predicted molar refractivity (Wildman–Crippen MR) is 455 cm³/mol. The molecule has 0 radical (unpaired) electrons. The second kappa shape index (κ2) is 43.9. The van der Waals surface area contributed by atoms with E-state index in [-0.39, 0.29) is 124 Å². The van der Waals surface area contributed by atoms with Crippen LogP contribution < -0.4 is 14.8 Å². The number of carbonyl (C=O) groups is 3. The third-order valence-corrected chi connectivity index (χ3v) is 71.2. The second-order valence-corrected chi connectivity index (χ2v) is 68.4. The molecule has 35 heteroatoms. The van der Waals surface area contributed by atoms with Crippen molar-refractivity contribution in [2.45, 2.75) is 122 Å². The maximum atomic E-state index is 14.8. The highest BCUT2D eigenvalue weighted by molar-refractivity contribution is 8.98. The minimum atomic E-state index is -0.685. The number of hydrogen-bond acceptors (Lipinski definition) is 12. The maximum absolute atomic E-state index is 14.8. The molecule has 8 aromatic rings. The molecule has 2 saturated carbocycles. The molecule has 4 heterocycles. The van der Waals surface area contributed by atoms with Crippen molar-refractivity contribution in [2.24, 2.45) is 0 Å². The smallest absolute Gasteiger partial charge is 0.410 e. The van der Waals surface area contributed by atoms with Crippen LogP contribution in [0, 0.1) is 23.3 Å². The van der Waals surface area contributed by atoms with E-state index in [4.69, 9.17) is 42.5 Å². The van der Waals surface area contributed by atoms with Crippen molar-refractivity contribution in [3.05, 3.63) is 164 Å². The first kappa shape index (κ1) is 89.6. The molecular formula is C65H88Cl3F4N6O7P13S2. The van der Waals surface area contributed by atoms with Crippen LogP contribution in [0.3, 0.4) is 0 Å². The maximum Gasteiger partial charge on any atom is 0.410 e. The van der Waals surface area contributed by atoms with E-state index < -0.39 is 40.9 Å². The third-order valence-electron chi connectivity index (χ3n) is 16.1. The van der Waals surface area contributed by atoms with Gasteiger partial charge in [0.1, 0.15) is 50.1 Å². The number of rotatable bonds is 17. The van der Waals surface area contributed by atoms with Gasteiger partial charge >= 0.3 is 6.09 Å². The standard InChI is InChI=1S/C34H36ClF2N3O4S.C29H28ClF2N3O2S.C2H6O.ClH.H9P7.H8P6/c1-34(2,3)44-33(42)39(4)23-7-9-24(10-8-23)40(32(41)31-29(35)28-25(36)11-12-26(37)30(28)45-31)19-22-18-21(6-13-27(22)43-5)20-14-16-38-17-15-20;1-33-20-4-6-21(7-5-20)35(29(36)28-26(30)25-22(31)8-9-23(32)27(25)38-28)16-19-15-18(3-10-24(19)37-2)17-11-13-34-14-12-17;1-2-3;;1-5-7(4)6(2)3;1-5(2)6(3)4/h6,11-18,23-24H,7-10,19H2,1-5H3;3,8-15,20-21,33H,4-7,16H2,1-2H3;3H,2H2,1H3;1H;5H,1-4H2;1-4H2. The van der Waals surface area contributed by atoms with Crippen LogP contribution in [0.15, 0.2) is 110 Å². The van der Waals surface area contributed by atoms with E-state index in [1.54, 1.807) is 67.7 Å². The first-order chi connectivity index (χ1) is 47.0. The van der Waals surface area contributed by atoms with E-state index in [1.807, 2.05) is 88.5 Å². The topological polar surface area (TPSA) is 147 Å². The van der Waals surface area contributed by atoms with Crippen LogP contribution in [-0.2, 0) is 17.8 Å². The monoisotopic (exact) mass is 1710 g/mol. The van der Waals surface area contributed by atoms with E-state index >= 15 is 0 Å². The number of methoxy groups -OCH3 is 2. The van der Waals surface area contributed by atoms with Crippen LogP contribution in [0.4, 0.5) is 22.4 Å². The van der Waals surface area contributed by atoms with Gasteiger partial charge in [0.05, 0.1) is 44.4 Å². The van der Waals surface area contributed by atoms with Crippen LogP contribution in [0.1, 0.15) is 110 Å². The lowest BCUT2D eigenvalue weighted by Gasteiger charge is -2.40. The van der Waals surface area contributed by atoms with Crippen molar-refractivity contribution < 1.29 is 51.3 Å². The Bertz CT molecular complexity index is 3940. The molecule has 2 fully saturated rings. The van der Waals surface area contributed by atoms with Crippen LogP contribution in [0.5, 0.6) is 11.5 Å². The molecule has 0 aliphatic heterocycles. The molecular weight excluding hydrogens is 1630 g/mol. The summed E-state index contributed by atoms with van der Waals surface area (Å²) in [7, 11) is 30.4. The normalized spacial score (nSPS) is 16.2. The number of pyridine rings is 2. The van der Waals surface area contributed by atoms with Crippen LogP contribution in [0.25, 0.3) is 42.4 Å². The van der Waals surface area contributed by atoms with E-state index in [0.29, 0.717) is 43.2 Å². The molecule has 0 spiro atoms. The van der Waals surface area contributed by atoms with Crippen molar-refractivity contribution >= 4 is 204 Å². The average Bonchev–Trinajstić information content (AvgIpc) is 1.61. The highest BCUT2D eigenvalue weighted by atomic mass is 35.5. The number of thiophene rings is 2. The molecule has 10 rings (SSSR count). The summed E-state index contributed by atoms with van der Waals surface area (Å²) in [6.07, 6.45) is 12.4. The van der Waals surface area contributed by atoms with Gasteiger partial charge in [-0.15, -0.1) is 107 Å². The van der Waals surface area contributed by atoms with Gasteiger partial charge < -0.3 is 39.3 Å². The third kappa shape index (κ3) is 25.3. The Morgan fingerprint density at radius 2 is 0.970 bits per heavy atom. The summed E-state index contributed by atoms with van der Waals surface area (Å²) in [5.74, 6) is -2.06. The molecule has 13 nitrogen and oxygen atoms in total. The zero-order chi connectivity index (χ0) is 73.0. The molecule has 10 unspecified atom stereocenters. The Hall–Kier alpha value is -0.990. The van der Waals surface area contributed by atoms with Gasteiger partial charge in [0.15, 0.2) is 0 Å². The summed E-state index contributed by atoms with van der Waals surface area (Å²) >= 11 is 14.9. The summed E-state index contributed by atoms with van der Waals surface area (Å²) in [4.78, 5) is 54.8. The predicted octanol–water partition coefficient (Wildman–Crippen LogP) is 22.9. The summed E-state index contributed by atoms with van der Waals surface area (Å²) in [5, 5.41) is 10.6. The van der Waals surface area contributed by atoms with Crippen molar-refractivity contribution in [1.82, 2.24) is 30.0 Å². The fraction of sp³-hybridized carbons (Fsp3) is 0.369. The minimum Gasteiger partial charge on any atom is -0.496 e. The average molecular weight is 1710 g/mol. The van der Waals surface area contributed by atoms with Crippen LogP contribution >= 0.6 is 166 Å². The largest absolute Gasteiger partial charge is 0.496 e. The Labute approximate surface area is 634 Å². The summed E-state index contributed by atoms with van der Waals surface area (Å²) in [6, 6.07) is 23.5. The van der Waals surface area contributed by atoms with Gasteiger partial charge in [0.2, 0.25) is 0 Å². The Morgan fingerprint density at radius 3 is 1.28 bits per heavy atom. The number of amides is 3. The molecule has 4 aromatic carbocycles.